The summed E-state index contributed by atoms with van der Waals surface area (Å²) < 4.78 is 83.7. The summed E-state index contributed by atoms with van der Waals surface area (Å²) >= 11 is 0. The monoisotopic (exact) mass is 224 g/mol. The molecule has 1 fully saturated rings. The maximum absolute atomic E-state index is 12.8. The van der Waals surface area contributed by atoms with Crippen LogP contribution in [-0.2, 0) is 9.84 Å². The van der Waals surface area contributed by atoms with E-state index in [1.54, 1.807) is 0 Å². The Morgan fingerprint density at radius 2 is 1.54 bits per heavy atom. The summed E-state index contributed by atoms with van der Waals surface area (Å²) in [6, 6.07) is 0. The van der Waals surface area contributed by atoms with Crippen molar-refractivity contribution in [2.24, 2.45) is 0 Å². The van der Waals surface area contributed by atoms with Gasteiger partial charge < -0.3 is 0 Å². The Morgan fingerprint density at radius 1 is 1.15 bits per heavy atom. The lowest BCUT2D eigenvalue weighted by Crippen LogP contribution is -2.44. The van der Waals surface area contributed by atoms with E-state index in [9.17, 15) is 30.4 Å². The Hall–Kier alpha value is -0.400. The smallest absolute Gasteiger partial charge is 0.239 e. The predicted molar refractivity (Wildman–Crippen MR) is 33.2 cm³/mol. The van der Waals surface area contributed by atoms with Crippen molar-refractivity contribution in [2.45, 2.75) is 29.5 Å². The SMILES string of the molecule is CC1(F)C(F)C(F)S(=O)(=O)C1(F)F. The van der Waals surface area contributed by atoms with Crippen molar-refractivity contribution in [3.63, 3.8) is 0 Å². The van der Waals surface area contributed by atoms with Gasteiger partial charge >= 0.3 is 5.25 Å². The lowest BCUT2D eigenvalue weighted by molar-refractivity contribution is -0.0891. The molecule has 0 aliphatic carbocycles. The molecule has 0 radical (unpaired) electrons. The predicted octanol–water partition coefficient (Wildman–Crippen LogP) is 1.37. The third-order valence-corrected chi connectivity index (χ3v) is 3.92. The van der Waals surface area contributed by atoms with Crippen LogP contribution in [0.5, 0.6) is 0 Å². The molecular formula is C5H5F5O2S. The summed E-state index contributed by atoms with van der Waals surface area (Å²) in [6.45, 7) is 0.0226. The molecule has 8 heteroatoms. The second-order valence-corrected chi connectivity index (χ2v) is 4.94. The van der Waals surface area contributed by atoms with Crippen LogP contribution >= 0.6 is 0 Å². The van der Waals surface area contributed by atoms with Crippen LogP contribution in [-0.4, -0.2) is 31.0 Å². The summed E-state index contributed by atoms with van der Waals surface area (Å²) in [5.41, 5.74) is -7.51. The molecule has 0 saturated carbocycles. The number of halogens is 5. The molecule has 0 amide bonds. The highest BCUT2D eigenvalue weighted by Crippen LogP contribution is 2.51. The Morgan fingerprint density at radius 3 is 1.62 bits per heavy atom. The molecule has 1 saturated heterocycles. The average molecular weight is 224 g/mol. The van der Waals surface area contributed by atoms with Gasteiger partial charge in [0.1, 0.15) is 0 Å². The van der Waals surface area contributed by atoms with Crippen molar-refractivity contribution in [3.05, 3.63) is 0 Å². The van der Waals surface area contributed by atoms with E-state index in [0.717, 1.165) is 0 Å². The van der Waals surface area contributed by atoms with Gasteiger partial charge in [-0.05, 0) is 6.92 Å². The quantitative estimate of drug-likeness (QED) is 0.582. The molecule has 0 aromatic heterocycles. The van der Waals surface area contributed by atoms with E-state index in [2.05, 4.69) is 0 Å². The zero-order chi connectivity index (χ0) is 10.7. The first-order valence-corrected chi connectivity index (χ1v) is 4.69. The van der Waals surface area contributed by atoms with Gasteiger partial charge in [0.25, 0.3) is 9.84 Å². The molecule has 13 heavy (non-hydrogen) atoms. The third kappa shape index (κ3) is 0.947. The Bertz CT molecular complexity index is 322. The van der Waals surface area contributed by atoms with Crippen molar-refractivity contribution in [1.82, 2.24) is 0 Å². The van der Waals surface area contributed by atoms with Crippen LogP contribution in [0.15, 0.2) is 0 Å². The summed E-state index contributed by atoms with van der Waals surface area (Å²) in [4.78, 5) is 0. The maximum Gasteiger partial charge on any atom is 0.384 e. The van der Waals surface area contributed by atoms with Crippen molar-refractivity contribution >= 4 is 9.84 Å². The van der Waals surface area contributed by atoms with Crippen LogP contribution in [0.4, 0.5) is 22.0 Å². The first kappa shape index (κ1) is 10.7. The van der Waals surface area contributed by atoms with Crippen molar-refractivity contribution in [1.29, 1.82) is 0 Å². The molecule has 1 aliphatic rings. The zero-order valence-corrected chi connectivity index (χ0v) is 7.09. The minimum Gasteiger partial charge on any atom is -0.239 e. The van der Waals surface area contributed by atoms with Gasteiger partial charge in [-0.25, -0.2) is 21.6 Å². The average Bonchev–Trinajstić information content (AvgIpc) is 2.05. The second kappa shape index (κ2) is 2.34. The van der Waals surface area contributed by atoms with E-state index in [-0.39, 0.29) is 6.92 Å². The van der Waals surface area contributed by atoms with Crippen molar-refractivity contribution < 1.29 is 30.4 Å². The van der Waals surface area contributed by atoms with Crippen LogP contribution in [0.1, 0.15) is 6.92 Å². The summed E-state index contributed by atoms with van der Waals surface area (Å²) in [7, 11) is -5.71. The second-order valence-electron chi connectivity index (χ2n) is 2.89. The molecule has 1 aliphatic heterocycles. The van der Waals surface area contributed by atoms with Gasteiger partial charge in [-0.3, -0.25) is 0 Å². The van der Waals surface area contributed by atoms with Crippen LogP contribution in [0.3, 0.4) is 0 Å². The molecule has 0 spiro atoms. The fraction of sp³-hybridized carbons (Fsp3) is 1.00. The van der Waals surface area contributed by atoms with E-state index in [1.807, 2.05) is 0 Å². The normalized spacial score (nSPS) is 47.8. The van der Waals surface area contributed by atoms with Crippen molar-refractivity contribution in [3.8, 4) is 0 Å². The molecule has 0 bridgehead atoms. The Labute approximate surface area is 70.6 Å². The maximum atomic E-state index is 12.8. The summed E-state index contributed by atoms with van der Waals surface area (Å²) in [6.07, 6.45) is -3.35. The first-order chi connectivity index (χ1) is 5.57. The van der Waals surface area contributed by atoms with Gasteiger partial charge in [-0.1, -0.05) is 0 Å². The number of hydrogen-bond donors (Lipinski definition) is 0. The molecule has 0 aromatic carbocycles. The molecule has 0 aromatic rings. The molecule has 3 atom stereocenters. The van der Waals surface area contributed by atoms with Gasteiger partial charge in [0.05, 0.1) is 0 Å². The number of rotatable bonds is 0. The Balaban J connectivity index is 3.40. The molecule has 1 heterocycles. The van der Waals surface area contributed by atoms with Gasteiger partial charge in [0.2, 0.25) is 11.2 Å². The number of sulfone groups is 1. The van der Waals surface area contributed by atoms with Crippen LogP contribution in [0, 0.1) is 0 Å². The highest BCUT2D eigenvalue weighted by atomic mass is 32.2. The lowest BCUT2D eigenvalue weighted by atomic mass is 10.1. The molecule has 2 nitrogen and oxygen atoms in total. The fourth-order valence-electron chi connectivity index (χ4n) is 0.983. The molecular weight excluding hydrogens is 219 g/mol. The molecule has 78 valence electrons. The Kier molecular flexibility index (Phi) is 1.92. The lowest BCUT2D eigenvalue weighted by Gasteiger charge is -2.20. The minimum atomic E-state index is -5.71. The zero-order valence-electron chi connectivity index (χ0n) is 6.27. The molecule has 1 rings (SSSR count). The third-order valence-electron chi connectivity index (χ3n) is 1.97. The van der Waals surface area contributed by atoms with Crippen LogP contribution in [0.25, 0.3) is 0 Å². The fourth-order valence-corrected chi connectivity index (χ4v) is 2.51. The van der Waals surface area contributed by atoms with Gasteiger partial charge in [-0.2, -0.15) is 8.78 Å². The number of hydrogen-bond acceptors (Lipinski definition) is 2. The summed E-state index contributed by atoms with van der Waals surface area (Å²) in [5, 5.41) is -5.02. The minimum absolute atomic E-state index is 0.0226. The standard InChI is InChI=1S/C5H5F5O2S/c1-4(8)2(6)3(7)13(11,12)5(4,9)10/h2-3H,1H3. The van der Waals surface area contributed by atoms with E-state index >= 15 is 0 Å². The topological polar surface area (TPSA) is 34.1 Å². The van der Waals surface area contributed by atoms with Crippen LogP contribution < -0.4 is 0 Å². The van der Waals surface area contributed by atoms with Gasteiger partial charge in [0.15, 0.2) is 6.17 Å². The first-order valence-electron chi connectivity index (χ1n) is 3.15. The van der Waals surface area contributed by atoms with Gasteiger partial charge in [0, 0.05) is 0 Å². The highest BCUT2D eigenvalue weighted by molar-refractivity contribution is 7.93. The number of alkyl halides is 5. The summed E-state index contributed by atoms with van der Waals surface area (Å²) in [5.74, 6) is 0. The van der Waals surface area contributed by atoms with E-state index < -0.39 is 32.4 Å². The van der Waals surface area contributed by atoms with Crippen LogP contribution in [0.2, 0.25) is 0 Å². The van der Waals surface area contributed by atoms with Crippen molar-refractivity contribution in [2.75, 3.05) is 0 Å². The molecule has 0 N–H and O–H groups in total. The largest absolute Gasteiger partial charge is 0.384 e. The van der Waals surface area contributed by atoms with E-state index in [0.29, 0.717) is 0 Å². The van der Waals surface area contributed by atoms with E-state index in [1.165, 1.54) is 0 Å². The highest BCUT2D eigenvalue weighted by Gasteiger charge is 2.77. The van der Waals surface area contributed by atoms with Gasteiger partial charge in [-0.15, -0.1) is 0 Å². The molecule has 3 unspecified atom stereocenters. The van der Waals surface area contributed by atoms with E-state index in [4.69, 9.17) is 0 Å².